The predicted molar refractivity (Wildman–Crippen MR) is 75.4 cm³/mol. The lowest BCUT2D eigenvalue weighted by Crippen LogP contribution is -2.13. The second-order valence-corrected chi connectivity index (χ2v) is 5.44. The van der Waals surface area contributed by atoms with E-state index in [1.165, 1.54) is 24.3 Å². The highest BCUT2D eigenvalue weighted by Gasteiger charge is 2.17. The maximum Gasteiger partial charge on any atom is 0.346 e. The lowest BCUT2D eigenvalue weighted by atomic mass is 10.2. The third-order valence-electron chi connectivity index (χ3n) is 2.54. The first-order valence-electron chi connectivity index (χ1n) is 5.49. The lowest BCUT2D eigenvalue weighted by Gasteiger charge is -2.04. The summed E-state index contributed by atoms with van der Waals surface area (Å²) in [5.41, 5.74) is 0.338. The van der Waals surface area contributed by atoms with Crippen LogP contribution in [0.3, 0.4) is 0 Å². The van der Waals surface area contributed by atoms with Gasteiger partial charge in [-0.1, -0.05) is 17.7 Å². The van der Waals surface area contributed by atoms with Gasteiger partial charge in [0, 0.05) is 0 Å². The van der Waals surface area contributed by atoms with Crippen molar-refractivity contribution in [1.82, 2.24) is 0 Å². The third-order valence-corrected chi connectivity index (χ3v) is 3.98. The van der Waals surface area contributed by atoms with Crippen LogP contribution in [0.4, 0.5) is 9.39 Å². The van der Waals surface area contributed by atoms with E-state index in [0.717, 1.165) is 11.3 Å². The van der Waals surface area contributed by atoms with Gasteiger partial charge in [0.05, 0.1) is 15.6 Å². The zero-order chi connectivity index (χ0) is 14.9. The van der Waals surface area contributed by atoms with Crippen molar-refractivity contribution < 1.29 is 19.1 Å². The molecule has 0 bridgehead atoms. The molecule has 1 amide bonds. The number of rotatable bonds is 3. The minimum atomic E-state index is -1.07. The van der Waals surface area contributed by atoms with Crippen LogP contribution in [-0.4, -0.2) is 17.0 Å². The molecule has 1 aromatic heterocycles. The van der Waals surface area contributed by atoms with Gasteiger partial charge in [-0.05, 0) is 30.7 Å². The number of carboxylic acid groups (broad SMARTS) is 1. The molecule has 0 atom stereocenters. The van der Waals surface area contributed by atoms with Crippen molar-refractivity contribution in [3.63, 3.8) is 0 Å². The molecule has 0 spiro atoms. The van der Waals surface area contributed by atoms with Gasteiger partial charge in [0.2, 0.25) is 0 Å². The number of nitrogens with one attached hydrogen (secondary N) is 1. The van der Waals surface area contributed by atoms with Gasteiger partial charge in [0.1, 0.15) is 4.88 Å². The summed E-state index contributed by atoms with van der Waals surface area (Å²) < 4.78 is 13.7. The Kier molecular flexibility index (Phi) is 4.06. The Labute approximate surface area is 122 Å². The summed E-state index contributed by atoms with van der Waals surface area (Å²) >= 11 is 6.52. The number of aryl methyl sites for hydroxylation is 1. The monoisotopic (exact) mass is 313 g/mol. The Morgan fingerprint density at radius 1 is 1.40 bits per heavy atom. The van der Waals surface area contributed by atoms with E-state index in [4.69, 9.17) is 16.7 Å². The van der Waals surface area contributed by atoms with Crippen molar-refractivity contribution in [1.29, 1.82) is 0 Å². The maximum atomic E-state index is 13.7. The second-order valence-electron chi connectivity index (χ2n) is 3.98. The number of amides is 1. The molecule has 0 aliphatic rings. The van der Waals surface area contributed by atoms with E-state index in [1.807, 2.05) is 0 Å². The molecule has 4 nitrogen and oxygen atoms in total. The van der Waals surface area contributed by atoms with Crippen LogP contribution >= 0.6 is 22.9 Å². The van der Waals surface area contributed by atoms with E-state index in [-0.39, 0.29) is 15.5 Å². The van der Waals surface area contributed by atoms with Crippen LogP contribution in [0.1, 0.15) is 25.6 Å². The molecule has 0 saturated carbocycles. The Balaban J connectivity index is 2.26. The van der Waals surface area contributed by atoms with E-state index in [0.29, 0.717) is 10.6 Å². The minimum absolute atomic E-state index is 0.131. The first-order chi connectivity index (χ1) is 9.40. The normalized spacial score (nSPS) is 10.3. The van der Waals surface area contributed by atoms with Gasteiger partial charge in [-0.25, -0.2) is 9.18 Å². The molecule has 1 heterocycles. The van der Waals surface area contributed by atoms with Crippen LogP contribution < -0.4 is 5.32 Å². The Hall–Kier alpha value is -1.92. The van der Waals surface area contributed by atoms with Gasteiger partial charge in [0.15, 0.2) is 5.82 Å². The smallest absolute Gasteiger partial charge is 0.346 e. The summed E-state index contributed by atoms with van der Waals surface area (Å²) in [6, 6.07) is 5.62. The van der Waals surface area contributed by atoms with Crippen LogP contribution in [-0.2, 0) is 0 Å². The summed E-state index contributed by atoms with van der Waals surface area (Å²) in [7, 11) is 0. The summed E-state index contributed by atoms with van der Waals surface area (Å²) in [4.78, 5) is 23.0. The van der Waals surface area contributed by atoms with E-state index in [1.54, 1.807) is 6.92 Å². The number of carboxylic acids is 1. The molecule has 2 aromatic rings. The molecular formula is C13H9ClFNO3S. The first kappa shape index (κ1) is 14.5. The molecular weight excluding hydrogens is 305 g/mol. The summed E-state index contributed by atoms with van der Waals surface area (Å²) in [6.07, 6.45) is 0. The standard InChI is InChI=1S/C13H9ClFNO3S/c1-6-5-9(20-11(6)13(18)19)16-12(17)7-3-2-4-8(14)10(7)15/h2-5H,1H3,(H,16,17)(H,18,19). The van der Waals surface area contributed by atoms with Crippen molar-refractivity contribution in [2.75, 3.05) is 5.32 Å². The summed E-state index contributed by atoms with van der Waals surface area (Å²) in [5, 5.41) is 11.6. The number of hydrogen-bond acceptors (Lipinski definition) is 3. The van der Waals surface area contributed by atoms with Crippen molar-refractivity contribution >= 4 is 39.8 Å². The Morgan fingerprint density at radius 3 is 2.70 bits per heavy atom. The highest BCUT2D eigenvalue weighted by atomic mass is 35.5. The lowest BCUT2D eigenvalue weighted by molar-refractivity contribution is 0.0701. The van der Waals surface area contributed by atoms with Crippen molar-refractivity contribution in [2.24, 2.45) is 0 Å². The quantitative estimate of drug-likeness (QED) is 0.905. The number of aromatic carboxylic acids is 1. The molecule has 0 aliphatic heterocycles. The van der Waals surface area contributed by atoms with Crippen molar-refractivity contribution in [3.8, 4) is 0 Å². The van der Waals surface area contributed by atoms with Gasteiger partial charge in [0.25, 0.3) is 5.91 Å². The topological polar surface area (TPSA) is 66.4 Å². The number of carbonyl (C=O) groups excluding carboxylic acids is 1. The van der Waals surface area contributed by atoms with Gasteiger partial charge < -0.3 is 10.4 Å². The highest BCUT2D eigenvalue weighted by molar-refractivity contribution is 7.18. The fourth-order valence-electron chi connectivity index (χ4n) is 1.61. The molecule has 1 aromatic carbocycles. The van der Waals surface area contributed by atoms with Gasteiger partial charge in [-0.15, -0.1) is 11.3 Å². The number of benzene rings is 1. The average molecular weight is 314 g/mol. The average Bonchev–Trinajstić information content (AvgIpc) is 2.73. The molecule has 7 heteroatoms. The Morgan fingerprint density at radius 2 is 2.10 bits per heavy atom. The first-order valence-corrected chi connectivity index (χ1v) is 6.68. The van der Waals surface area contributed by atoms with Gasteiger partial charge in [-0.3, -0.25) is 4.79 Å². The molecule has 0 aliphatic carbocycles. The predicted octanol–water partition coefficient (Wildman–Crippen LogP) is 3.80. The number of hydrogen-bond donors (Lipinski definition) is 2. The number of anilines is 1. The molecule has 0 saturated heterocycles. The third kappa shape index (κ3) is 2.81. The summed E-state index contributed by atoms with van der Waals surface area (Å²) in [6.45, 7) is 1.62. The molecule has 0 radical (unpaired) electrons. The van der Waals surface area contributed by atoms with Crippen LogP contribution in [0.2, 0.25) is 5.02 Å². The van der Waals surface area contributed by atoms with Crippen molar-refractivity contribution in [2.45, 2.75) is 6.92 Å². The second kappa shape index (κ2) is 5.60. The largest absolute Gasteiger partial charge is 0.477 e. The Bertz CT molecular complexity index is 699. The number of carbonyl (C=O) groups is 2. The molecule has 2 N–H and O–H groups in total. The molecule has 104 valence electrons. The molecule has 2 rings (SSSR count). The highest BCUT2D eigenvalue weighted by Crippen LogP contribution is 2.27. The summed E-state index contributed by atoms with van der Waals surface area (Å²) in [5.74, 6) is -2.55. The molecule has 20 heavy (non-hydrogen) atoms. The minimum Gasteiger partial charge on any atom is -0.477 e. The SMILES string of the molecule is Cc1cc(NC(=O)c2cccc(Cl)c2F)sc1C(=O)O. The fraction of sp³-hybridized carbons (Fsp3) is 0.0769. The zero-order valence-electron chi connectivity index (χ0n) is 10.2. The van der Waals surface area contributed by atoms with Crippen LogP contribution in [0, 0.1) is 12.7 Å². The molecule has 0 fully saturated rings. The van der Waals surface area contributed by atoms with Crippen LogP contribution in [0.15, 0.2) is 24.3 Å². The van der Waals surface area contributed by atoms with Crippen LogP contribution in [0.5, 0.6) is 0 Å². The van der Waals surface area contributed by atoms with Crippen LogP contribution in [0.25, 0.3) is 0 Å². The fourth-order valence-corrected chi connectivity index (χ4v) is 2.70. The van der Waals surface area contributed by atoms with E-state index >= 15 is 0 Å². The van der Waals surface area contributed by atoms with Gasteiger partial charge >= 0.3 is 5.97 Å². The van der Waals surface area contributed by atoms with E-state index in [2.05, 4.69) is 5.32 Å². The molecule has 0 unspecified atom stereocenters. The number of halogens is 2. The zero-order valence-corrected chi connectivity index (χ0v) is 11.8. The van der Waals surface area contributed by atoms with E-state index < -0.39 is 17.7 Å². The maximum absolute atomic E-state index is 13.7. The van der Waals surface area contributed by atoms with Gasteiger partial charge in [-0.2, -0.15) is 0 Å². The van der Waals surface area contributed by atoms with E-state index in [9.17, 15) is 14.0 Å². The number of thiophene rings is 1. The van der Waals surface area contributed by atoms with Crippen molar-refractivity contribution in [3.05, 3.63) is 51.1 Å².